The van der Waals surface area contributed by atoms with E-state index in [2.05, 4.69) is 27.1 Å². The van der Waals surface area contributed by atoms with Crippen LogP contribution in [-0.2, 0) is 0 Å². The highest BCUT2D eigenvalue weighted by Crippen LogP contribution is 2.36. The van der Waals surface area contributed by atoms with Crippen LogP contribution in [0.2, 0.25) is 0 Å². The minimum atomic E-state index is -0.387. The molecule has 0 spiro atoms. The molecule has 1 atom stereocenters. The van der Waals surface area contributed by atoms with E-state index in [9.17, 15) is 10.1 Å². The number of anilines is 3. The molecular formula is C17H21N5O2. The molecule has 1 unspecified atom stereocenters. The van der Waals surface area contributed by atoms with Crippen LogP contribution in [0.3, 0.4) is 0 Å². The summed E-state index contributed by atoms with van der Waals surface area (Å²) in [6, 6.07) is 9.62. The first kappa shape index (κ1) is 16.2. The molecule has 1 aromatic heterocycles. The first-order chi connectivity index (χ1) is 11.7. The van der Waals surface area contributed by atoms with Gasteiger partial charge in [0, 0.05) is 18.3 Å². The summed E-state index contributed by atoms with van der Waals surface area (Å²) in [5.41, 5.74) is 0.706. The smallest absolute Gasteiger partial charge is 0.348 e. The topological polar surface area (TPSA) is 84.2 Å². The van der Waals surface area contributed by atoms with Gasteiger partial charge in [-0.25, -0.2) is 9.97 Å². The molecule has 1 aromatic carbocycles. The number of piperidine rings is 1. The van der Waals surface area contributed by atoms with Gasteiger partial charge in [-0.1, -0.05) is 25.1 Å². The van der Waals surface area contributed by atoms with Gasteiger partial charge in [0.05, 0.1) is 4.92 Å². The highest BCUT2D eigenvalue weighted by atomic mass is 16.6. The van der Waals surface area contributed by atoms with Crippen molar-refractivity contribution in [3.05, 3.63) is 46.8 Å². The van der Waals surface area contributed by atoms with E-state index in [-0.39, 0.29) is 22.5 Å². The van der Waals surface area contributed by atoms with Gasteiger partial charge < -0.3 is 10.2 Å². The molecule has 3 rings (SSSR count). The highest BCUT2D eigenvalue weighted by Gasteiger charge is 2.31. The number of benzene rings is 1. The third-order valence-corrected chi connectivity index (χ3v) is 4.39. The Kier molecular flexibility index (Phi) is 4.88. The summed E-state index contributed by atoms with van der Waals surface area (Å²) in [4.78, 5) is 21.8. The normalized spacial score (nSPS) is 17.5. The van der Waals surface area contributed by atoms with Gasteiger partial charge in [-0.15, -0.1) is 0 Å². The summed E-state index contributed by atoms with van der Waals surface area (Å²) in [6.45, 7) is 2.90. The maximum atomic E-state index is 11.7. The van der Waals surface area contributed by atoms with Crippen LogP contribution < -0.4 is 10.2 Å². The van der Waals surface area contributed by atoms with Crippen LogP contribution in [0.5, 0.6) is 0 Å². The number of aromatic nitrogens is 2. The Hall–Kier alpha value is -2.70. The van der Waals surface area contributed by atoms with Crippen molar-refractivity contribution in [2.24, 2.45) is 0 Å². The van der Waals surface area contributed by atoms with Crippen molar-refractivity contribution in [3.8, 4) is 0 Å². The molecule has 0 amide bonds. The van der Waals surface area contributed by atoms with Crippen molar-refractivity contribution in [2.75, 3.05) is 16.8 Å². The fourth-order valence-corrected chi connectivity index (χ4v) is 3.20. The lowest BCUT2D eigenvalue weighted by Gasteiger charge is -2.35. The predicted molar refractivity (Wildman–Crippen MR) is 93.7 cm³/mol. The quantitative estimate of drug-likeness (QED) is 0.662. The summed E-state index contributed by atoms with van der Waals surface area (Å²) < 4.78 is 0. The van der Waals surface area contributed by atoms with Gasteiger partial charge in [0.15, 0.2) is 0 Å². The van der Waals surface area contributed by atoms with Gasteiger partial charge in [-0.3, -0.25) is 10.1 Å². The van der Waals surface area contributed by atoms with E-state index in [0.717, 1.165) is 37.9 Å². The lowest BCUT2D eigenvalue weighted by Crippen LogP contribution is -2.40. The molecule has 2 aromatic rings. The van der Waals surface area contributed by atoms with E-state index in [4.69, 9.17) is 0 Å². The summed E-state index contributed by atoms with van der Waals surface area (Å²) in [5.74, 6) is 0.650. The van der Waals surface area contributed by atoms with E-state index in [1.807, 2.05) is 30.3 Å². The Bertz CT molecular complexity index is 707. The van der Waals surface area contributed by atoms with Crippen LogP contribution in [0, 0.1) is 10.1 Å². The number of para-hydroxylation sites is 1. The first-order valence-electron chi connectivity index (χ1n) is 8.28. The lowest BCUT2D eigenvalue weighted by molar-refractivity contribution is -0.383. The average molecular weight is 327 g/mol. The number of hydrogen-bond acceptors (Lipinski definition) is 6. The number of nitro groups is 1. The Morgan fingerprint density at radius 3 is 2.79 bits per heavy atom. The van der Waals surface area contributed by atoms with Crippen molar-refractivity contribution in [1.29, 1.82) is 0 Å². The van der Waals surface area contributed by atoms with Crippen molar-refractivity contribution in [3.63, 3.8) is 0 Å². The molecule has 1 aliphatic heterocycles. The third-order valence-electron chi connectivity index (χ3n) is 4.39. The minimum Gasteiger partial charge on any atom is -0.348 e. The van der Waals surface area contributed by atoms with Gasteiger partial charge >= 0.3 is 5.69 Å². The third kappa shape index (κ3) is 3.29. The molecule has 24 heavy (non-hydrogen) atoms. The van der Waals surface area contributed by atoms with E-state index in [1.54, 1.807) is 0 Å². The summed E-state index contributed by atoms with van der Waals surface area (Å²) in [5, 5.41) is 14.8. The van der Waals surface area contributed by atoms with Crippen LogP contribution in [0.1, 0.15) is 32.6 Å². The summed E-state index contributed by atoms with van der Waals surface area (Å²) >= 11 is 0. The second-order valence-corrected chi connectivity index (χ2v) is 5.89. The Balaban J connectivity index is 2.00. The number of hydrogen-bond donors (Lipinski definition) is 1. The molecule has 0 aliphatic carbocycles. The van der Waals surface area contributed by atoms with E-state index >= 15 is 0 Å². The second kappa shape index (κ2) is 7.25. The molecule has 7 heteroatoms. The van der Waals surface area contributed by atoms with Crippen molar-refractivity contribution < 1.29 is 4.92 Å². The SMILES string of the molecule is CCC1CCCCN1c1ncnc(Nc2ccccc2)c1[N+](=O)[O-]. The summed E-state index contributed by atoms with van der Waals surface area (Å²) in [7, 11) is 0. The van der Waals surface area contributed by atoms with Gasteiger partial charge in [0.1, 0.15) is 6.33 Å². The van der Waals surface area contributed by atoms with Crippen molar-refractivity contribution in [2.45, 2.75) is 38.6 Å². The molecule has 1 N–H and O–H groups in total. The standard InChI is InChI=1S/C17H21N5O2/c1-2-14-10-6-7-11-21(14)17-15(22(23)24)16(18-12-19-17)20-13-8-4-3-5-9-13/h3-5,8-9,12,14H,2,6-7,10-11H2,1H3,(H,18,19,20). The molecule has 0 saturated carbocycles. The van der Waals surface area contributed by atoms with Crippen LogP contribution in [0.15, 0.2) is 36.7 Å². The molecule has 0 bridgehead atoms. The van der Waals surface area contributed by atoms with E-state index in [0.29, 0.717) is 5.82 Å². The Labute approximate surface area is 140 Å². The maximum Gasteiger partial charge on any atom is 0.353 e. The molecule has 126 valence electrons. The van der Waals surface area contributed by atoms with Crippen LogP contribution in [-0.4, -0.2) is 27.5 Å². The Morgan fingerprint density at radius 1 is 1.29 bits per heavy atom. The zero-order valence-corrected chi connectivity index (χ0v) is 13.7. The zero-order chi connectivity index (χ0) is 16.9. The molecule has 1 fully saturated rings. The minimum absolute atomic E-state index is 0.0540. The van der Waals surface area contributed by atoms with Crippen LogP contribution >= 0.6 is 0 Å². The van der Waals surface area contributed by atoms with Gasteiger partial charge in [0.25, 0.3) is 0 Å². The van der Waals surface area contributed by atoms with Gasteiger partial charge in [-0.2, -0.15) is 0 Å². The number of rotatable bonds is 5. The highest BCUT2D eigenvalue weighted by molar-refractivity contribution is 5.74. The average Bonchev–Trinajstić information content (AvgIpc) is 2.62. The molecule has 7 nitrogen and oxygen atoms in total. The second-order valence-electron chi connectivity index (χ2n) is 5.89. The molecule has 1 saturated heterocycles. The molecule has 1 aliphatic rings. The molecule has 2 heterocycles. The predicted octanol–water partition coefficient (Wildman–Crippen LogP) is 3.90. The summed E-state index contributed by atoms with van der Waals surface area (Å²) in [6.07, 6.45) is 5.57. The number of nitrogens with zero attached hydrogens (tertiary/aromatic N) is 4. The molecule has 0 radical (unpaired) electrons. The fraction of sp³-hybridized carbons (Fsp3) is 0.412. The first-order valence-corrected chi connectivity index (χ1v) is 8.28. The van der Waals surface area contributed by atoms with Crippen LogP contribution in [0.25, 0.3) is 0 Å². The van der Waals surface area contributed by atoms with Gasteiger partial charge in [0.2, 0.25) is 11.6 Å². The maximum absolute atomic E-state index is 11.7. The molecular weight excluding hydrogens is 306 g/mol. The lowest BCUT2D eigenvalue weighted by atomic mass is 10.00. The fourth-order valence-electron chi connectivity index (χ4n) is 3.20. The largest absolute Gasteiger partial charge is 0.353 e. The van der Waals surface area contributed by atoms with Crippen LogP contribution in [0.4, 0.5) is 23.0 Å². The van der Waals surface area contributed by atoms with Crippen molar-refractivity contribution >= 4 is 23.0 Å². The monoisotopic (exact) mass is 327 g/mol. The Morgan fingerprint density at radius 2 is 2.08 bits per heavy atom. The van der Waals surface area contributed by atoms with Gasteiger partial charge in [-0.05, 0) is 37.8 Å². The number of nitrogens with one attached hydrogen (secondary N) is 1. The van der Waals surface area contributed by atoms with Crippen molar-refractivity contribution in [1.82, 2.24) is 9.97 Å². The van der Waals surface area contributed by atoms with E-state index < -0.39 is 0 Å². The van der Waals surface area contributed by atoms with E-state index in [1.165, 1.54) is 6.33 Å². The zero-order valence-electron chi connectivity index (χ0n) is 13.7.